The van der Waals surface area contributed by atoms with Crippen LogP contribution in [0.3, 0.4) is 0 Å². The zero-order valence-electron chi connectivity index (χ0n) is 22.2. The molecule has 3 N–H and O–H groups in total. The number of hydrogen-bond acceptors (Lipinski definition) is 5. The number of hydrogen-bond donors (Lipinski definition) is 3. The summed E-state index contributed by atoms with van der Waals surface area (Å²) in [4.78, 5) is 44.0. The molecule has 206 valence electrons. The Labute approximate surface area is 229 Å². The van der Waals surface area contributed by atoms with E-state index in [4.69, 9.17) is 4.74 Å². The van der Waals surface area contributed by atoms with Crippen LogP contribution in [0.4, 0.5) is 0 Å². The lowest BCUT2D eigenvalue weighted by molar-refractivity contribution is -0.145. The van der Waals surface area contributed by atoms with Crippen molar-refractivity contribution in [1.29, 1.82) is 0 Å². The highest BCUT2D eigenvalue weighted by molar-refractivity contribution is 5.86. The molecule has 2 amide bonds. The van der Waals surface area contributed by atoms with Crippen molar-refractivity contribution in [3.63, 3.8) is 0 Å². The smallest absolute Gasteiger partial charge is 0.305 e. The number of fused-ring (bicyclic) bond motifs is 1. The number of rotatable bonds is 8. The van der Waals surface area contributed by atoms with Crippen LogP contribution in [0.5, 0.6) is 0 Å². The Balaban J connectivity index is 1.51. The number of carbonyl (C=O) groups excluding carboxylic acids is 3. The van der Waals surface area contributed by atoms with Gasteiger partial charge in [0.25, 0.3) is 0 Å². The summed E-state index contributed by atoms with van der Waals surface area (Å²) in [6.07, 6.45) is 8.36. The van der Waals surface area contributed by atoms with Gasteiger partial charge in [0.15, 0.2) is 0 Å². The Morgan fingerprint density at radius 2 is 1.85 bits per heavy atom. The number of esters is 1. The van der Waals surface area contributed by atoms with E-state index in [1.165, 1.54) is 0 Å². The first-order valence-corrected chi connectivity index (χ1v) is 13.6. The van der Waals surface area contributed by atoms with Crippen molar-refractivity contribution >= 4 is 28.7 Å². The monoisotopic (exact) mass is 531 g/mol. The molecule has 39 heavy (non-hydrogen) atoms. The van der Waals surface area contributed by atoms with Gasteiger partial charge in [-0.1, -0.05) is 60.7 Å². The molecule has 0 saturated heterocycles. The number of ether oxygens (including phenoxy) is 1. The first kappa shape index (κ1) is 28.1. The molecule has 1 aliphatic heterocycles. The SMILES string of the molecule is O=C1CCC/C=C\C[C@@H](CC(=O)N(CCO)Cc2ccccc2)C(=O)N[C@H](Cc2c[nH]c3ccccc23)CO1. The number of aliphatic hydroxyl groups is 1. The average Bonchev–Trinajstić information content (AvgIpc) is 3.35. The molecule has 2 heterocycles. The van der Waals surface area contributed by atoms with Gasteiger partial charge in [-0.2, -0.15) is 0 Å². The van der Waals surface area contributed by atoms with Crippen LogP contribution < -0.4 is 5.32 Å². The highest BCUT2D eigenvalue weighted by Crippen LogP contribution is 2.21. The average molecular weight is 532 g/mol. The van der Waals surface area contributed by atoms with Crippen LogP contribution in [0.2, 0.25) is 0 Å². The van der Waals surface area contributed by atoms with Crippen molar-refractivity contribution in [2.45, 2.75) is 51.1 Å². The fraction of sp³-hybridized carbons (Fsp3) is 0.387. The Morgan fingerprint density at radius 3 is 2.67 bits per heavy atom. The Kier molecular flexibility index (Phi) is 10.3. The molecule has 0 spiro atoms. The first-order valence-electron chi connectivity index (χ1n) is 13.6. The summed E-state index contributed by atoms with van der Waals surface area (Å²) in [5, 5.41) is 13.7. The van der Waals surface area contributed by atoms with Gasteiger partial charge in [-0.25, -0.2) is 0 Å². The van der Waals surface area contributed by atoms with Crippen molar-refractivity contribution < 1.29 is 24.2 Å². The molecule has 0 unspecified atom stereocenters. The molecule has 3 aromatic rings. The van der Waals surface area contributed by atoms with Crippen LogP contribution >= 0.6 is 0 Å². The van der Waals surface area contributed by atoms with E-state index < -0.39 is 12.0 Å². The van der Waals surface area contributed by atoms with Gasteiger partial charge in [0, 0.05) is 43.0 Å². The fourth-order valence-electron chi connectivity index (χ4n) is 4.88. The standard InChI is InChI=1S/C31H37N3O5/c35-17-16-34(21-23-10-4-3-5-11-23)29(36)19-24-12-6-1-2-7-15-30(37)39-22-26(33-31(24)38)18-25-20-32-28-14-9-8-13-27(25)28/h1,3-6,8-11,13-14,20,24,26,32,35H,2,7,12,15-19,21-22H2,(H,33,38)/b6-1-/t24-,26+/m0/s1. The van der Waals surface area contributed by atoms with Crippen molar-refractivity contribution in [3.05, 3.63) is 84.1 Å². The fourth-order valence-corrected chi connectivity index (χ4v) is 4.88. The molecule has 0 fully saturated rings. The van der Waals surface area contributed by atoms with Gasteiger partial charge in [0.2, 0.25) is 11.8 Å². The van der Waals surface area contributed by atoms with E-state index in [-0.39, 0.29) is 44.0 Å². The number of aliphatic hydroxyl groups excluding tert-OH is 1. The maximum absolute atomic E-state index is 13.6. The van der Waals surface area contributed by atoms with Crippen LogP contribution in [-0.4, -0.2) is 58.6 Å². The lowest BCUT2D eigenvalue weighted by atomic mass is 9.97. The second-order valence-corrected chi connectivity index (χ2v) is 9.98. The molecule has 0 saturated carbocycles. The highest BCUT2D eigenvalue weighted by Gasteiger charge is 2.27. The summed E-state index contributed by atoms with van der Waals surface area (Å²) in [6.45, 7) is 0.455. The quantitative estimate of drug-likeness (QED) is 0.302. The predicted octanol–water partition coefficient (Wildman–Crippen LogP) is 3.90. The van der Waals surface area contributed by atoms with Gasteiger partial charge >= 0.3 is 5.97 Å². The first-order chi connectivity index (χ1) is 19.0. The molecule has 0 radical (unpaired) electrons. The number of H-pyrrole nitrogens is 1. The minimum absolute atomic E-state index is 0.0165. The minimum atomic E-state index is -0.590. The predicted molar refractivity (Wildman–Crippen MR) is 150 cm³/mol. The van der Waals surface area contributed by atoms with Crippen molar-refractivity contribution in [2.75, 3.05) is 19.8 Å². The van der Waals surface area contributed by atoms with E-state index in [0.717, 1.165) is 22.0 Å². The van der Waals surface area contributed by atoms with Gasteiger partial charge in [-0.05, 0) is 42.9 Å². The Bertz CT molecular complexity index is 1270. The molecule has 8 heteroatoms. The second kappa shape index (κ2) is 14.3. The van der Waals surface area contributed by atoms with E-state index in [1.807, 2.05) is 72.9 Å². The maximum atomic E-state index is 13.6. The van der Waals surface area contributed by atoms with Crippen molar-refractivity contribution in [3.8, 4) is 0 Å². The van der Waals surface area contributed by atoms with Crippen LogP contribution in [0, 0.1) is 5.92 Å². The molecule has 2 atom stereocenters. The third-order valence-corrected chi connectivity index (χ3v) is 7.00. The summed E-state index contributed by atoms with van der Waals surface area (Å²) in [5.74, 6) is -1.32. The zero-order chi connectivity index (χ0) is 27.5. The second-order valence-electron chi connectivity index (χ2n) is 9.98. The summed E-state index contributed by atoms with van der Waals surface area (Å²) in [6, 6.07) is 17.1. The van der Waals surface area contributed by atoms with Crippen LogP contribution in [-0.2, 0) is 32.1 Å². The van der Waals surface area contributed by atoms with E-state index in [9.17, 15) is 19.5 Å². The number of nitrogens with one attached hydrogen (secondary N) is 2. The van der Waals surface area contributed by atoms with Crippen LogP contribution in [0.15, 0.2) is 72.9 Å². The van der Waals surface area contributed by atoms with Gasteiger partial charge in [0.1, 0.15) is 6.61 Å². The number of nitrogens with zero attached hydrogens (tertiary/aromatic N) is 1. The third-order valence-electron chi connectivity index (χ3n) is 7.00. The van der Waals surface area contributed by atoms with Crippen LogP contribution in [0.1, 0.15) is 43.2 Å². The number of benzene rings is 2. The number of para-hydroxylation sites is 1. The number of cyclic esters (lactones) is 1. The van der Waals surface area contributed by atoms with Crippen molar-refractivity contribution in [1.82, 2.24) is 15.2 Å². The van der Waals surface area contributed by atoms with E-state index in [1.54, 1.807) is 4.90 Å². The molecular weight excluding hydrogens is 494 g/mol. The van der Waals surface area contributed by atoms with E-state index in [2.05, 4.69) is 10.3 Å². The summed E-state index contributed by atoms with van der Waals surface area (Å²) in [5.41, 5.74) is 2.97. The highest BCUT2D eigenvalue weighted by atomic mass is 16.5. The largest absolute Gasteiger partial charge is 0.463 e. The molecule has 0 bridgehead atoms. The number of allylic oxidation sites excluding steroid dienone is 2. The molecule has 0 aliphatic carbocycles. The topological polar surface area (TPSA) is 112 Å². The lowest BCUT2D eigenvalue weighted by Gasteiger charge is -2.26. The minimum Gasteiger partial charge on any atom is -0.463 e. The van der Waals surface area contributed by atoms with Gasteiger partial charge in [0.05, 0.1) is 18.6 Å². The Hall–Kier alpha value is -3.91. The number of carbonyl (C=O) groups is 3. The number of aromatic amines is 1. The van der Waals surface area contributed by atoms with E-state index >= 15 is 0 Å². The molecule has 1 aromatic heterocycles. The normalized spacial score (nSPS) is 19.7. The van der Waals surface area contributed by atoms with Crippen LogP contribution in [0.25, 0.3) is 10.9 Å². The summed E-state index contributed by atoms with van der Waals surface area (Å²) in [7, 11) is 0. The summed E-state index contributed by atoms with van der Waals surface area (Å²) >= 11 is 0. The van der Waals surface area contributed by atoms with E-state index in [0.29, 0.717) is 38.6 Å². The number of aromatic nitrogens is 1. The molecule has 8 nitrogen and oxygen atoms in total. The molecule has 2 aromatic carbocycles. The summed E-state index contributed by atoms with van der Waals surface area (Å²) < 4.78 is 5.54. The van der Waals surface area contributed by atoms with Gasteiger partial charge < -0.3 is 25.0 Å². The van der Waals surface area contributed by atoms with Crippen molar-refractivity contribution in [2.24, 2.45) is 5.92 Å². The lowest BCUT2D eigenvalue weighted by Crippen LogP contribution is -2.44. The number of amides is 2. The van der Waals surface area contributed by atoms with Gasteiger partial charge in [-0.15, -0.1) is 0 Å². The Morgan fingerprint density at radius 1 is 1.05 bits per heavy atom. The maximum Gasteiger partial charge on any atom is 0.305 e. The van der Waals surface area contributed by atoms with Gasteiger partial charge in [-0.3, -0.25) is 14.4 Å². The molecular formula is C31H37N3O5. The molecule has 1 aliphatic rings. The zero-order valence-corrected chi connectivity index (χ0v) is 22.2. The molecule has 4 rings (SSSR count). The third kappa shape index (κ3) is 8.29.